The number of piperazine rings is 1. The first kappa shape index (κ1) is 16.7. The highest BCUT2D eigenvalue weighted by atomic mass is 16.3. The number of anilines is 1. The minimum atomic E-state index is -0.256. The minimum absolute atomic E-state index is 0.256. The lowest BCUT2D eigenvalue weighted by Crippen LogP contribution is -2.53. The third-order valence-electron chi connectivity index (χ3n) is 5.84. The molecule has 0 spiro atoms. The molecule has 4 nitrogen and oxygen atoms in total. The number of hydrogen-bond donors (Lipinski definition) is 1. The van der Waals surface area contributed by atoms with Gasteiger partial charge < -0.3 is 10.0 Å². The Balaban J connectivity index is 1.48. The predicted octanol–water partition coefficient (Wildman–Crippen LogP) is 2.98. The Kier molecular flexibility index (Phi) is 5.54. The number of aliphatic hydroxyl groups is 1. The van der Waals surface area contributed by atoms with Crippen molar-refractivity contribution in [1.82, 2.24) is 9.88 Å². The molecule has 1 saturated heterocycles. The molecule has 128 valence electrons. The fraction of sp³-hybridized carbons (Fsp3) is 0.737. The zero-order valence-corrected chi connectivity index (χ0v) is 14.6. The Labute approximate surface area is 140 Å². The van der Waals surface area contributed by atoms with Crippen molar-refractivity contribution in [2.24, 2.45) is 17.8 Å². The standard InChI is InChI=1S/C19H31N3O/c1-15(2)16-6-8-17(9-7-16)19(23)22-13-11-21(12-14-22)18-5-3-4-10-20-18/h3-5,10,15-17,19,23H,6-9,11-14H2,1-2H3. The van der Waals surface area contributed by atoms with Crippen LogP contribution in [-0.2, 0) is 0 Å². The summed E-state index contributed by atoms with van der Waals surface area (Å²) in [7, 11) is 0. The van der Waals surface area contributed by atoms with E-state index in [2.05, 4.69) is 34.7 Å². The van der Waals surface area contributed by atoms with E-state index in [9.17, 15) is 5.11 Å². The maximum atomic E-state index is 10.8. The van der Waals surface area contributed by atoms with Crippen LogP contribution in [0.1, 0.15) is 39.5 Å². The number of nitrogens with zero attached hydrogens (tertiary/aromatic N) is 3. The van der Waals surface area contributed by atoms with Gasteiger partial charge in [0.05, 0.1) is 0 Å². The van der Waals surface area contributed by atoms with E-state index in [1.165, 1.54) is 25.7 Å². The van der Waals surface area contributed by atoms with Crippen molar-refractivity contribution in [3.8, 4) is 0 Å². The second kappa shape index (κ2) is 7.63. The minimum Gasteiger partial charge on any atom is -0.378 e. The van der Waals surface area contributed by atoms with Gasteiger partial charge >= 0.3 is 0 Å². The predicted molar refractivity (Wildman–Crippen MR) is 94.3 cm³/mol. The van der Waals surface area contributed by atoms with Gasteiger partial charge in [0.25, 0.3) is 0 Å². The van der Waals surface area contributed by atoms with E-state index < -0.39 is 0 Å². The highest BCUT2D eigenvalue weighted by molar-refractivity contribution is 5.38. The van der Waals surface area contributed by atoms with Gasteiger partial charge in [-0.05, 0) is 55.6 Å². The quantitative estimate of drug-likeness (QED) is 0.927. The molecule has 3 rings (SSSR count). The molecule has 1 atom stereocenters. The molecule has 2 aliphatic rings. The van der Waals surface area contributed by atoms with Crippen LogP contribution in [0, 0.1) is 17.8 Å². The molecular weight excluding hydrogens is 286 g/mol. The highest BCUT2D eigenvalue weighted by Crippen LogP contribution is 2.35. The molecule has 4 heteroatoms. The van der Waals surface area contributed by atoms with Crippen LogP contribution in [-0.4, -0.2) is 47.4 Å². The van der Waals surface area contributed by atoms with E-state index in [4.69, 9.17) is 0 Å². The largest absolute Gasteiger partial charge is 0.378 e. The first-order chi connectivity index (χ1) is 11.1. The summed E-state index contributed by atoms with van der Waals surface area (Å²) in [5.74, 6) is 3.17. The van der Waals surface area contributed by atoms with Crippen molar-refractivity contribution in [3.63, 3.8) is 0 Å². The molecule has 2 fully saturated rings. The first-order valence-corrected chi connectivity index (χ1v) is 9.23. The summed E-state index contributed by atoms with van der Waals surface area (Å²) >= 11 is 0. The lowest BCUT2D eigenvalue weighted by Gasteiger charge is -2.42. The third-order valence-corrected chi connectivity index (χ3v) is 5.84. The van der Waals surface area contributed by atoms with Gasteiger partial charge in [-0.15, -0.1) is 0 Å². The lowest BCUT2D eigenvalue weighted by atomic mass is 9.76. The van der Waals surface area contributed by atoms with Crippen LogP contribution >= 0.6 is 0 Å². The second-order valence-electron chi connectivity index (χ2n) is 7.54. The van der Waals surface area contributed by atoms with Gasteiger partial charge in [0.1, 0.15) is 12.0 Å². The maximum absolute atomic E-state index is 10.8. The highest BCUT2D eigenvalue weighted by Gasteiger charge is 2.32. The van der Waals surface area contributed by atoms with Crippen molar-refractivity contribution < 1.29 is 5.11 Å². The van der Waals surface area contributed by atoms with Gasteiger partial charge in [0.15, 0.2) is 0 Å². The first-order valence-electron chi connectivity index (χ1n) is 9.23. The Morgan fingerprint density at radius 3 is 2.22 bits per heavy atom. The number of aromatic nitrogens is 1. The molecule has 0 bridgehead atoms. The molecule has 0 radical (unpaired) electrons. The number of hydrogen-bond acceptors (Lipinski definition) is 4. The average molecular weight is 317 g/mol. The molecule has 1 aromatic rings. The van der Waals surface area contributed by atoms with Crippen molar-refractivity contribution in [1.29, 1.82) is 0 Å². The second-order valence-corrected chi connectivity index (χ2v) is 7.54. The number of rotatable bonds is 4. The van der Waals surface area contributed by atoms with E-state index in [-0.39, 0.29) is 6.23 Å². The summed E-state index contributed by atoms with van der Waals surface area (Å²) < 4.78 is 0. The summed E-state index contributed by atoms with van der Waals surface area (Å²) in [5.41, 5.74) is 0. The van der Waals surface area contributed by atoms with E-state index in [0.29, 0.717) is 5.92 Å². The molecular formula is C19H31N3O. The van der Waals surface area contributed by atoms with Gasteiger partial charge in [-0.1, -0.05) is 19.9 Å². The Morgan fingerprint density at radius 2 is 1.65 bits per heavy atom. The Morgan fingerprint density at radius 1 is 1.00 bits per heavy atom. The summed E-state index contributed by atoms with van der Waals surface area (Å²) in [4.78, 5) is 9.03. The van der Waals surface area contributed by atoms with Gasteiger partial charge in [-0.25, -0.2) is 4.98 Å². The molecule has 23 heavy (non-hydrogen) atoms. The molecule has 1 aromatic heterocycles. The van der Waals surface area contributed by atoms with Crippen LogP contribution in [0.4, 0.5) is 5.82 Å². The van der Waals surface area contributed by atoms with Crippen LogP contribution in [0.5, 0.6) is 0 Å². The normalized spacial score (nSPS) is 28.1. The Hall–Kier alpha value is -1.13. The van der Waals surface area contributed by atoms with Gasteiger partial charge in [-0.3, -0.25) is 4.90 Å². The van der Waals surface area contributed by atoms with Crippen LogP contribution < -0.4 is 4.90 Å². The molecule has 1 aliphatic heterocycles. The maximum Gasteiger partial charge on any atom is 0.128 e. The zero-order valence-electron chi connectivity index (χ0n) is 14.6. The third kappa shape index (κ3) is 4.04. The lowest BCUT2D eigenvalue weighted by molar-refractivity contribution is -0.0582. The van der Waals surface area contributed by atoms with Crippen LogP contribution in [0.3, 0.4) is 0 Å². The van der Waals surface area contributed by atoms with Gasteiger partial charge in [0.2, 0.25) is 0 Å². The molecule has 1 N–H and O–H groups in total. The summed E-state index contributed by atoms with van der Waals surface area (Å²) in [6.07, 6.45) is 6.54. The van der Waals surface area contributed by atoms with Crippen molar-refractivity contribution in [2.45, 2.75) is 45.8 Å². The number of pyridine rings is 1. The fourth-order valence-electron chi connectivity index (χ4n) is 4.16. The van der Waals surface area contributed by atoms with Gasteiger partial charge in [0, 0.05) is 32.4 Å². The monoisotopic (exact) mass is 317 g/mol. The molecule has 0 aromatic carbocycles. The average Bonchev–Trinajstić information content (AvgIpc) is 2.62. The molecule has 1 unspecified atom stereocenters. The van der Waals surface area contributed by atoms with E-state index >= 15 is 0 Å². The van der Waals surface area contributed by atoms with Crippen LogP contribution in [0.2, 0.25) is 0 Å². The van der Waals surface area contributed by atoms with Crippen LogP contribution in [0.15, 0.2) is 24.4 Å². The topological polar surface area (TPSA) is 39.6 Å². The summed E-state index contributed by atoms with van der Waals surface area (Å²) in [6.45, 7) is 8.44. The molecule has 0 amide bonds. The SMILES string of the molecule is CC(C)C1CCC(C(O)N2CCN(c3ccccn3)CC2)CC1. The summed E-state index contributed by atoms with van der Waals surface area (Å²) in [5, 5.41) is 10.8. The van der Waals surface area contributed by atoms with E-state index in [0.717, 1.165) is 43.8 Å². The zero-order chi connectivity index (χ0) is 16.2. The summed E-state index contributed by atoms with van der Waals surface area (Å²) in [6, 6.07) is 6.06. The smallest absolute Gasteiger partial charge is 0.128 e. The van der Waals surface area contributed by atoms with E-state index in [1.807, 2.05) is 18.3 Å². The Bertz CT molecular complexity index is 463. The van der Waals surface area contributed by atoms with E-state index in [1.54, 1.807) is 0 Å². The number of aliphatic hydroxyl groups excluding tert-OH is 1. The van der Waals surface area contributed by atoms with Gasteiger partial charge in [-0.2, -0.15) is 0 Å². The van der Waals surface area contributed by atoms with Crippen molar-refractivity contribution >= 4 is 5.82 Å². The van der Waals surface area contributed by atoms with Crippen molar-refractivity contribution in [3.05, 3.63) is 24.4 Å². The van der Waals surface area contributed by atoms with Crippen LogP contribution in [0.25, 0.3) is 0 Å². The molecule has 2 heterocycles. The molecule has 1 saturated carbocycles. The fourth-order valence-corrected chi connectivity index (χ4v) is 4.16. The molecule has 1 aliphatic carbocycles. The van der Waals surface area contributed by atoms with Crippen molar-refractivity contribution in [2.75, 3.05) is 31.1 Å².